The summed E-state index contributed by atoms with van der Waals surface area (Å²) in [5.41, 5.74) is 1.06. The van der Waals surface area contributed by atoms with Crippen LogP contribution >= 0.6 is 12.2 Å². The number of aryl methyl sites for hydroxylation is 1. The molecule has 1 aliphatic rings. The molecule has 0 aromatic carbocycles. The van der Waals surface area contributed by atoms with Gasteiger partial charge in [-0.05, 0) is 19.1 Å². The van der Waals surface area contributed by atoms with Gasteiger partial charge in [0.05, 0.1) is 13.2 Å². The fourth-order valence-corrected chi connectivity index (χ4v) is 2.23. The summed E-state index contributed by atoms with van der Waals surface area (Å²) >= 11 is 5.14. The number of amides is 1. The summed E-state index contributed by atoms with van der Waals surface area (Å²) in [6, 6.07) is 0. The van der Waals surface area contributed by atoms with E-state index in [1.807, 2.05) is 22.6 Å². The first-order chi connectivity index (χ1) is 8.18. The molecule has 94 valence electrons. The Kier molecular flexibility index (Phi) is 3.96. The molecule has 1 aliphatic heterocycles. The van der Waals surface area contributed by atoms with Gasteiger partial charge < -0.3 is 19.2 Å². The van der Waals surface area contributed by atoms with E-state index in [9.17, 15) is 4.79 Å². The topological polar surface area (TPSA) is 50.3 Å². The molecule has 0 bridgehead atoms. The third kappa shape index (κ3) is 2.95. The lowest BCUT2D eigenvalue weighted by molar-refractivity contribution is -0.135. The molecule has 0 aliphatic carbocycles. The van der Waals surface area contributed by atoms with E-state index in [2.05, 4.69) is 4.98 Å². The standard InChI is InChI=1S/C11H17N3O2S/c1-9-8-12-11(17)14(9)3-2-10(15)13-4-6-16-7-5-13/h8H,2-7H2,1H3,(H,12,17). The van der Waals surface area contributed by atoms with Crippen LogP contribution in [-0.2, 0) is 16.1 Å². The number of H-pyrrole nitrogens is 1. The fourth-order valence-electron chi connectivity index (χ4n) is 1.94. The first-order valence-corrected chi connectivity index (χ1v) is 6.19. The third-order valence-corrected chi connectivity index (χ3v) is 3.33. The van der Waals surface area contributed by atoms with E-state index in [1.54, 1.807) is 0 Å². The number of nitrogens with zero attached hydrogens (tertiary/aromatic N) is 2. The minimum atomic E-state index is 0.177. The highest BCUT2D eigenvalue weighted by atomic mass is 32.1. The van der Waals surface area contributed by atoms with E-state index < -0.39 is 0 Å². The van der Waals surface area contributed by atoms with Crippen LogP contribution in [0.1, 0.15) is 12.1 Å². The number of aromatic nitrogens is 2. The largest absolute Gasteiger partial charge is 0.378 e. The van der Waals surface area contributed by atoms with Gasteiger partial charge in [-0.1, -0.05) is 0 Å². The van der Waals surface area contributed by atoms with E-state index in [-0.39, 0.29) is 5.91 Å². The second-order valence-corrected chi connectivity index (χ2v) is 4.52. The SMILES string of the molecule is Cc1c[nH]c(=S)n1CCC(=O)N1CCOCC1. The monoisotopic (exact) mass is 255 g/mol. The van der Waals surface area contributed by atoms with Crippen molar-refractivity contribution in [1.29, 1.82) is 0 Å². The first kappa shape index (κ1) is 12.3. The molecule has 2 heterocycles. The zero-order chi connectivity index (χ0) is 12.3. The fraction of sp³-hybridized carbons (Fsp3) is 0.636. The Bertz CT molecular complexity index is 446. The van der Waals surface area contributed by atoms with E-state index >= 15 is 0 Å². The molecular formula is C11H17N3O2S. The Balaban J connectivity index is 1.89. The van der Waals surface area contributed by atoms with Crippen molar-refractivity contribution >= 4 is 18.1 Å². The molecule has 1 N–H and O–H groups in total. The summed E-state index contributed by atoms with van der Waals surface area (Å²) < 4.78 is 7.85. The maximum atomic E-state index is 11.9. The van der Waals surface area contributed by atoms with Gasteiger partial charge in [0.15, 0.2) is 4.77 Å². The molecule has 0 unspecified atom stereocenters. The molecule has 1 aromatic heterocycles. The van der Waals surface area contributed by atoms with E-state index in [4.69, 9.17) is 17.0 Å². The second-order valence-electron chi connectivity index (χ2n) is 4.13. The van der Waals surface area contributed by atoms with Gasteiger partial charge in [0, 0.05) is 37.9 Å². The summed E-state index contributed by atoms with van der Waals surface area (Å²) in [5.74, 6) is 0.177. The highest BCUT2D eigenvalue weighted by molar-refractivity contribution is 7.71. The van der Waals surface area contributed by atoms with Crippen molar-refractivity contribution in [1.82, 2.24) is 14.5 Å². The van der Waals surface area contributed by atoms with Crippen LogP contribution < -0.4 is 0 Å². The minimum Gasteiger partial charge on any atom is -0.378 e. The lowest BCUT2D eigenvalue weighted by Crippen LogP contribution is -2.41. The number of rotatable bonds is 3. The van der Waals surface area contributed by atoms with Gasteiger partial charge in [-0.3, -0.25) is 4.79 Å². The number of morpholine rings is 1. The van der Waals surface area contributed by atoms with Gasteiger partial charge in [0.1, 0.15) is 0 Å². The van der Waals surface area contributed by atoms with E-state index in [0.717, 1.165) is 5.69 Å². The first-order valence-electron chi connectivity index (χ1n) is 5.79. The van der Waals surface area contributed by atoms with Crippen LogP contribution in [0.2, 0.25) is 0 Å². The van der Waals surface area contributed by atoms with Crippen molar-refractivity contribution in [2.45, 2.75) is 19.9 Å². The summed E-state index contributed by atoms with van der Waals surface area (Å²) in [7, 11) is 0. The number of carbonyl (C=O) groups is 1. The van der Waals surface area contributed by atoms with Crippen molar-refractivity contribution < 1.29 is 9.53 Å². The number of hydrogen-bond donors (Lipinski definition) is 1. The molecule has 1 amide bonds. The highest BCUT2D eigenvalue weighted by Crippen LogP contribution is 2.05. The Morgan fingerprint density at radius 1 is 1.53 bits per heavy atom. The molecule has 1 aromatic rings. The Morgan fingerprint density at radius 2 is 2.24 bits per heavy atom. The average molecular weight is 255 g/mol. The maximum Gasteiger partial charge on any atom is 0.224 e. The molecule has 1 fully saturated rings. The molecular weight excluding hydrogens is 238 g/mol. The molecule has 6 heteroatoms. The zero-order valence-corrected chi connectivity index (χ0v) is 10.8. The molecule has 0 saturated carbocycles. The molecule has 0 spiro atoms. The number of carbonyl (C=O) groups excluding carboxylic acids is 1. The predicted octanol–water partition coefficient (Wildman–Crippen LogP) is 1.10. The van der Waals surface area contributed by atoms with Crippen molar-refractivity contribution in [3.8, 4) is 0 Å². The third-order valence-electron chi connectivity index (χ3n) is 2.99. The summed E-state index contributed by atoms with van der Waals surface area (Å²) in [6.07, 6.45) is 2.36. The van der Waals surface area contributed by atoms with E-state index in [0.29, 0.717) is 44.0 Å². The second kappa shape index (κ2) is 5.46. The van der Waals surface area contributed by atoms with Gasteiger partial charge in [0.25, 0.3) is 0 Å². The van der Waals surface area contributed by atoms with Crippen LogP contribution in [0.25, 0.3) is 0 Å². The van der Waals surface area contributed by atoms with Crippen molar-refractivity contribution in [2.75, 3.05) is 26.3 Å². The van der Waals surface area contributed by atoms with Crippen LogP contribution in [0.3, 0.4) is 0 Å². The van der Waals surface area contributed by atoms with Crippen LogP contribution in [0, 0.1) is 11.7 Å². The number of aromatic amines is 1. The van der Waals surface area contributed by atoms with Crippen LogP contribution in [0.4, 0.5) is 0 Å². The maximum absolute atomic E-state index is 11.9. The Morgan fingerprint density at radius 3 is 2.82 bits per heavy atom. The summed E-state index contributed by atoms with van der Waals surface area (Å²) in [6.45, 7) is 5.32. The molecule has 1 saturated heterocycles. The Hall–Kier alpha value is -1.14. The average Bonchev–Trinajstić information content (AvgIpc) is 2.67. The number of imidazole rings is 1. The van der Waals surface area contributed by atoms with Gasteiger partial charge in [-0.25, -0.2) is 0 Å². The van der Waals surface area contributed by atoms with Crippen LogP contribution in [0.5, 0.6) is 0 Å². The number of ether oxygens (including phenoxy) is 1. The molecule has 0 radical (unpaired) electrons. The highest BCUT2D eigenvalue weighted by Gasteiger charge is 2.16. The lowest BCUT2D eigenvalue weighted by Gasteiger charge is -2.26. The van der Waals surface area contributed by atoms with Gasteiger partial charge in [-0.15, -0.1) is 0 Å². The minimum absolute atomic E-state index is 0.177. The lowest BCUT2D eigenvalue weighted by atomic mass is 10.3. The summed E-state index contributed by atoms with van der Waals surface area (Å²) in [5, 5.41) is 0. The van der Waals surface area contributed by atoms with Gasteiger partial charge in [-0.2, -0.15) is 0 Å². The molecule has 17 heavy (non-hydrogen) atoms. The van der Waals surface area contributed by atoms with Crippen molar-refractivity contribution in [2.24, 2.45) is 0 Å². The number of nitrogens with one attached hydrogen (secondary N) is 1. The van der Waals surface area contributed by atoms with Crippen molar-refractivity contribution in [3.63, 3.8) is 0 Å². The normalized spacial score (nSPS) is 16.2. The van der Waals surface area contributed by atoms with Gasteiger partial charge in [0.2, 0.25) is 5.91 Å². The smallest absolute Gasteiger partial charge is 0.224 e. The summed E-state index contributed by atoms with van der Waals surface area (Å²) in [4.78, 5) is 16.8. The quantitative estimate of drug-likeness (QED) is 0.823. The predicted molar refractivity (Wildman–Crippen MR) is 66.4 cm³/mol. The molecule has 0 atom stereocenters. The van der Waals surface area contributed by atoms with Crippen molar-refractivity contribution in [3.05, 3.63) is 16.7 Å². The molecule has 2 rings (SSSR count). The molecule has 5 nitrogen and oxygen atoms in total. The van der Waals surface area contributed by atoms with Crippen LogP contribution in [0.15, 0.2) is 6.20 Å². The zero-order valence-electron chi connectivity index (χ0n) is 9.94. The number of hydrogen-bond acceptors (Lipinski definition) is 3. The van der Waals surface area contributed by atoms with Gasteiger partial charge >= 0.3 is 0 Å². The van der Waals surface area contributed by atoms with Crippen LogP contribution in [-0.4, -0.2) is 46.7 Å². The van der Waals surface area contributed by atoms with E-state index in [1.165, 1.54) is 0 Å². The Labute approximate surface area is 105 Å².